The van der Waals surface area contributed by atoms with Gasteiger partial charge in [-0.15, -0.1) is 0 Å². The highest BCUT2D eigenvalue weighted by Crippen LogP contribution is 2.13. The maximum absolute atomic E-state index is 5.84. The van der Waals surface area contributed by atoms with Crippen LogP contribution in [-0.2, 0) is 9.47 Å². The van der Waals surface area contributed by atoms with Crippen LogP contribution in [0.5, 0.6) is 0 Å². The van der Waals surface area contributed by atoms with E-state index in [2.05, 4.69) is 19.2 Å². The lowest BCUT2D eigenvalue weighted by molar-refractivity contribution is -0.0538. The van der Waals surface area contributed by atoms with Gasteiger partial charge in [-0.05, 0) is 33.2 Å². The van der Waals surface area contributed by atoms with Crippen molar-refractivity contribution in [3.63, 3.8) is 0 Å². The van der Waals surface area contributed by atoms with Gasteiger partial charge >= 0.3 is 0 Å². The van der Waals surface area contributed by atoms with Crippen LogP contribution in [0.25, 0.3) is 0 Å². The molecular formula is C10H21NO2. The zero-order valence-corrected chi connectivity index (χ0v) is 8.88. The molecule has 0 aromatic rings. The molecule has 78 valence electrons. The van der Waals surface area contributed by atoms with Crippen LogP contribution in [0.4, 0.5) is 0 Å². The van der Waals surface area contributed by atoms with Crippen molar-refractivity contribution in [2.24, 2.45) is 0 Å². The fourth-order valence-electron chi connectivity index (χ4n) is 1.81. The van der Waals surface area contributed by atoms with Crippen LogP contribution in [0, 0.1) is 0 Å². The molecule has 1 fully saturated rings. The summed E-state index contributed by atoms with van der Waals surface area (Å²) < 4.78 is 10.9. The topological polar surface area (TPSA) is 30.5 Å². The third-order valence-electron chi connectivity index (χ3n) is 2.40. The molecule has 1 saturated heterocycles. The van der Waals surface area contributed by atoms with Crippen LogP contribution >= 0.6 is 0 Å². The summed E-state index contributed by atoms with van der Waals surface area (Å²) in [5.41, 5.74) is 0. The van der Waals surface area contributed by atoms with Crippen LogP contribution in [0.15, 0.2) is 0 Å². The van der Waals surface area contributed by atoms with Crippen molar-refractivity contribution in [2.45, 2.75) is 44.9 Å². The minimum Gasteiger partial charge on any atom is -0.382 e. The Morgan fingerprint density at radius 3 is 2.92 bits per heavy atom. The minimum absolute atomic E-state index is 0.222. The normalized spacial score (nSPS) is 31.6. The summed E-state index contributed by atoms with van der Waals surface area (Å²) >= 11 is 0. The molecule has 0 bridgehead atoms. The summed E-state index contributed by atoms with van der Waals surface area (Å²) in [6.07, 6.45) is 2.88. The monoisotopic (exact) mass is 187 g/mol. The van der Waals surface area contributed by atoms with E-state index in [1.165, 1.54) is 0 Å². The Kier molecular flexibility index (Phi) is 4.70. The molecule has 0 saturated carbocycles. The van der Waals surface area contributed by atoms with Crippen LogP contribution in [0.1, 0.15) is 26.7 Å². The molecule has 0 aromatic carbocycles. The summed E-state index contributed by atoms with van der Waals surface area (Å²) in [6.45, 7) is 6.04. The Balaban J connectivity index is 2.19. The highest BCUT2D eigenvalue weighted by Gasteiger charge is 2.20. The van der Waals surface area contributed by atoms with Crippen molar-refractivity contribution >= 4 is 0 Å². The van der Waals surface area contributed by atoms with Crippen LogP contribution in [0.2, 0.25) is 0 Å². The molecule has 1 heterocycles. The van der Waals surface area contributed by atoms with Gasteiger partial charge in [-0.25, -0.2) is 0 Å². The van der Waals surface area contributed by atoms with E-state index in [4.69, 9.17) is 9.47 Å². The Bertz CT molecular complexity index is 141. The molecule has 0 aromatic heterocycles. The van der Waals surface area contributed by atoms with Gasteiger partial charge in [0.1, 0.15) is 0 Å². The SMILES string of the molecule is COCC(C)OC1CCNC(C)C1. The van der Waals surface area contributed by atoms with Gasteiger partial charge in [-0.3, -0.25) is 0 Å². The Morgan fingerprint density at radius 2 is 2.31 bits per heavy atom. The maximum atomic E-state index is 5.84. The van der Waals surface area contributed by atoms with Gasteiger partial charge in [0.25, 0.3) is 0 Å². The zero-order chi connectivity index (χ0) is 9.68. The third-order valence-corrected chi connectivity index (χ3v) is 2.40. The van der Waals surface area contributed by atoms with E-state index in [-0.39, 0.29) is 6.10 Å². The molecule has 1 aliphatic rings. The van der Waals surface area contributed by atoms with Crippen molar-refractivity contribution in [1.29, 1.82) is 0 Å². The number of hydrogen-bond acceptors (Lipinski definition) is 3. The molecule has 1 rings (SSSR count). The van der Waals surface area contributed by atoms with Gasteiger partial charge in [0.2, 0.25) is 0 Å². The van der Waals surface area contributed by atoms with E-state index in [9.17, 15) is 0 Å². The number of rotatable bonds is 4. The van der Waals surface area contributed by atoms with Crippen LogP contribution < -0.4 is 5.32 Å². The van der Waals surface area contributed by atoms with Gasteiger partial charge in [0.05, 0.1) is 18.8 Å². The predicted octanol–water partition coefficient (Wildman–Crippen LogP) is 1.18. The fraction of sp³-hybridized carbons (Fsp3) is 1.00. The highest BCUT2D eigenvalue weighted by molar-refractivity contribution is 4.76. The van der Waals surface area contributed by atoms with Crippen molar-refractivity contribution in [2.75, 3.05) is 20.3 Å². The maximum Gasteiger partial charge on any atom is 0.0784 e. The van der Waals surface area contributed by atoms with E-state index < -0.39 is 0 Å². The summed E-state index contributed by atoms with van der Waals surface area (Å²) in [7, 11) is 1.71. The van der Waals surface area contributed by atoms with Gasteiger partial charge in [-0.1, -0.05) is 0 Å². The standard InChI is InChI=1S/C10H21NO2/c1-8-6-10(4-5-11-8)13-9(2)7-12-3/h8-11H,4-7H2,1-3H3. The first-order valence-corrected chi connectivity index (χ1v) is 5.10. The van der Waals surface area contributed by atoms with E-state index in [0.717, 1.165) is 19.4 Å². The zero-order valence-electron chi connectivity index (χ0n) is 8.88. The average Bonchev–Trinajstić information content (AvgIpc) is 2.04. The first-order chi connectivity index (χ1) is 6.22. The van der Waals surface area contributed by atoms with Crippen LogP contribution in [-0.4, -0.2) is 38.5 Å². The van der Waals surface area contributed by atoms with Gasteiger partial charge < -0.3 is 14.8 Å². The van der Waals surface area contributed by atoms with E-state index in [0.29, 0.717) is 18.8 Å². The molecule has 13 heavy (non-hydrogen) atoms. The number of hydrogen-bond donors (Lipinski definition) is 1. The van der Waals surface area contributed by atoms with E-state index in [1.807, 2.05) is 0 Å². The highest BCUT2D eigenvalue weighted by atomic mass is 16.5. The van der Waals surface area contributed by atoms with Crippen molar-refractivity contribution < 1.29 is 9.47 Å². The molecular weight excluding hydrogens is 166 g/mol. The molecule has 1 N–H and O–H groups in total. The van der Waals surface area contributed by atoms with Crippen molar-refractivity contribution in [3.05, 3.63) is 0 Å². The molecule has 0 aliphatic carbocycles. The molecule has 3 unspecified atom stereocenters. The second-order valence-electron chi connectivity index (χ2n) is 3.90. The van der Waals surface area contributed by atoms with E-state index >= 15 is 0 Å². The summed E-state index contributed by atoms with van der Waals surface area (Å²) in [5, 5.41) is 3.41. The first-order valence-electron chi connectivity index (χ1n) is 5.10. The number of ether oxygens (including phenoxy) is 2. The predicted molar refractivity (Wildman–Crippen MR) is 52.9 cm³/mol. The summed E-state index contributed by atoms with van der Waals surface area (Å²) in [6, 6.07) is 0.591. The lowest BCUT2D eigenvalue weighted by Crippen LogP contribution is -2.40. The average molecular weight is 187 g/mol. The van der Waals surface area contributed by atoms with E-state index in [1.54, 1.807) is 7.11 Å². The number of methoxy groups -OCH3 is 1. The van der Waals surface area contributed by atoms with Gasteiger partial charge in [0, 0.05) is 13.2 Å². The number of piperidine rings is 1. The fourth-order valence-corrected chi connectivity index (χ4v) is 1.81. The molecule has 3 heteroatoms. The second kappa shape index (κ2) is 5.58. The molecule has 0 spiro atoms. The minimum atomic E-state index is 0.222. The second-order valence-corrected chi connectivity index (χ2v) is 3.90. The van der Waals surface area contributed by atoms with Gasteiger partial charge in [-0.2, -0.15) is 0 Å². The summed E-state index contributed by atoms with van der Waals surface area (Å²) in [4.78, 5) is 0. The molecule has 1 aliphatic heterocycles. The third kappa shape index (κ3) is 4.07. The first kappa shape index (κ1) is 11.0. The lowest BCUT2D eigenvalue weighted by Gasteiger charge is -2.30. The van der Waals surface area contributed by atoms with Gasteiger partial charge in [0.15, 0.2) is 0 Å². The molecule has 3 atom stereocenters. The Labute approximate surface area is 80.8 Å². The lowest BCUT2D eigenvalue weighted by atomic mass is 10.0. The number of nitrogens with one attached hydrogen (secondary N) is 1. The summed E-state index contributed by atoms with van der Waals surface area (Å²) in [5.74, 6) is 0. The molecule has 0 amide bonds. The molecule has 0 radical (unpaired) electrons. The Morgan fingerprint density at radius 1 is 1.54 bits per heavy atom. The quantitative estimate of drug-likeness (QED) is 0.717. The smallest absolute Gasteiger partial charge is 0.0784 e. The van der Waals surface area contributed by atoms with Crippen LogP contribution in [0.3, 0.4) is 0 Å². The Hall–Kier alpha value is -0.120. The van der Waals surface area contributed by atoms with Crippen molar-refractivity contribution in [3.8, 4) is 0 Å². The van der Waals surface area contributed by atoms with Crippen molar-refractivity contribution in [1.82, 2.24) is 5.32 Å². The molecule has 3 nitrogen and oxygen atoms in total. The largest absolute Gasteiger partial charge is 0.382 e.